The summed E-state index contributed by atoms with van der Waals surface area (Å²) >= 11 is 0. The van der Waals surface area contributed by atoms with Gasteiger partial charge < -0.3 is 20.7 Å². The highest BCUT2D eigenvalue weighted by molar-refractivity contribution is 6.14. The van der Waals surface area contributed by atoms with Crippen LogP contribution in [-0.4, -0.2) is 40.8 Å². The number of fused-ring (bicyclic) bond motifs is 1. The van der Waals surface area contributed by atoms with E-state index in [1.165, 1.54) is 0 Å². The molecule has 0 amide bonds. The first-order valence-electron chi connectivity index (χ1n) is 4.93. The fourth-order valence-corrected chi connectivity index (χ4v) is 1.13. The van der Waals surface area contributed by atoms with Crippen LogP contribution in [-0.2, 0) is 9.53 Å². The van der Waals surface area contributed by atoms with E-state index in [9.17, 15) is 14.4 Å². The molecule has 1 aliphatic heterocycles. The molecule has 0 saturated carbocycles. The monoisotopic (exact) mass is 253 g/mol. The Hall–Kier alpha value is -2.25. The number of rotatable bonds is 2. The van der Waals surface area contributed by atoms with Crippen LogP contribution in [0.15, 0.2) is 24.3 Å². The molecule has 0 spiro atoms. The van der Waals surface area contributed by atoms with Gasteiger partial charge in [0.1, 0.15) is 0 Å². The molecule has 0 fully saturated rings. The SMILES string of the molecule is NC[C@H](O)C(=O)O.O=C1OC(=O)c2ccccc21. The Balaban J connectivity index is 0.000000203. The molecule has 1 heterocycles. The van der Waals surface area contributed by atoms with Gasteiger partial charge in [-0.05, 0) is 12.1 Å². The van der Waals surface area contributed by atoms with E-state index in [0.29, 0.717) is 11.1 Å². The number of carbonyl (C=O) groups excluding carboxylic acids is 2. The predicted molar refractivity (Wildman–Crippen MR) is 58.9 cm³/mol. The number of hydrogen-bond donors (Lipinski definition) is 3. The van der Waals surface area contributed by atoms with Gasteiger partial charge in [-0.15, -0.1) is 0 Å². The van der Waals surface area contributed by atoms with Gasteiger partial charge in [0, 0.05) is 6.54 Å². The number of esters is 2. The maximum Gasteiger partial charge on any atom is 0.346 e. The molecule has 0 saturated heterocycles. The Morgan fingerprint density at radius 2 is 1.67 bits per heavy atom. The highest BCUT2D eigenvalue weighted by Crippen LogP contribution is 2.18. The zero-order chi connectivity index (χ0) is 13.7. The van der Waals surface area contributed by atoms with E-state index in [1.807, 2.05) is 0 Å². The van der Waals surface area contributed by atoms with E-state index in [-0.39, 0.29) is 6.54 Å². The summed E-state index contributed by atoms with van der Waals surface area (Å²) in [6.07, 6.45) is -1.40. The minimum absolute atomic E-state index is 0.227. The van der Waals surface area contributed by atoms with Gasteiger partial charge in [-0.1, -0.05) is 12.1 Å². The Labute approximate surface area is 102 Å². The van der Waals surface area contributed by atoms with Crippen LogP contribution < -0.4 is 5.73 Å². The van der Waals surface area contributed by atoms with Gasteiger partial charge in [0.05, 0.1) is 11.1 Å². The minimum Gasteiger partial charge on any atom is -0.479 e. The summed E-state index contributed by atoms with van der Waals surface area (Å²) in [5.74, 6) is -2.38. The summed E-state index contributed by atoms with van der Waals surface area (Å²) in [5.41, 5.74) is 5.46. The number of hydrogen-bond acceptors (Lipinski definition) is 6. The molecule has 0 bridgehead atoms. The molecular formula is C11H11NO6. The summed E-state index contributed by atoms with van der Waals surface area (Å²) < 4.78 is 4.35. The second-order valence-electron chi connectivity index (χ2n) is 3.31. The predicted octanol–water partition coefficient (Wildman–Crippen LogP) is -0.612. The second-order valence-corrected chi connectivity index (χ2v) is 3.31. The molecule has 0 unspecified atom stereocenters. The average molecular weight is 253 g/mol. The Morgan fingerprint density at radius 3 is 1.94 bits per heavy atom. The number of carbonyl (C=O) groups is 3. The van der Waals surface area contributed by atoms with Gasteiger partial charge in [-0.3, -0.25) is 0 Å². The van der Waals surface area contributed by atoms with E-state index >= 15 is 0 Å². The number of nitrogens with two attached hydrogens (primary N) is 1. The number of aliphatic carboxylic acids is 1. The topological polar surface area (TPSA) is 127 Å². The number of aliphatic hydroxyl groups is 1. The molecular weight excluding hydrogens is 242 g/mol. The first kappa shape index (κ1) is 13.8. The molecule has 96 valence electrons. The Bertz CT molecular complexity index is 451. The van der Waals surface area contributed by atoms with Gasteiger partial charge in [0.15, 0.2) is 6.10 Å². The van der Waals surface area contributed by atoms with Crippen molar-refractivity contribution in [3.8, 4) is 0 Å². The van der Waals surface area contributed by atoms with Crippen LogP contribution in [0, 0.1) is 0 Å². The van der Waals surface area contributed by atoms with Crippen molar-refractivity contribution >= 4 is 17.9 Å². The molecule has 0 aliphatic carbocycles. The molecule has 7 nitrogen and oxygen atoms in total. The molecule has 1 aromatic rings. The number of carboxylic acids is 1. The van der Waals surface area contributed by atoms with E-state index < -0.39 is 24.0 Å². The number of carboxylic acid groups (broad SMARTS) is 1. The van der Waals surface area contributed by atoms with Gasteiger partial charge in [0.2, 0.25) is 0 Å². The number of benzene rings is 1. The largest absolute Gasteiger partial charge is 0.479 e. The molecule has 0 radical (unpaired) electrons. The third kappa shape index (κ3) is 3.12. The van der Waals surface area contributed by atoms with Crippen molar-refractivity contribution in [1.29, 1.82) is 0 Å². The van der Waals surface area contributed by atoms with Crippen LogP contribution in [0.1, 0.15) is 20.7 Å². The molecule has 1 aromatic carbocycles. The van der Waals surface area contributed by atoms with Crippen molar-refractivity contribution in [2.24, 2.45) is 5.73 Å². The first-order valence-corrected chi connectivity index (χ1v) is 4.93. The zero-order valence-corrected chi connectivity index (χ0v) is 9.20. The van der Waals surface area contributed by atoms with Crippen molar-refractivity contribution in [2.45, 2.75) is 6.10 Å². The fourth-order valence-electron chi connectivity index (χ4n) is 1.13. The van der Waals surface area contributed by atoms with Crippen molar-refractivity contribution in [1.82, 2.24) is 0 Å². The summed E-state index contributed by atoms with van der Waals surface area (Å²) in [7, 11) is 0. The lowest BCUT2D eigenvalue weighted by atomic mass is 10.1. The van der Waals surface area contributed by atoms with Gasteiger partial charge in [0.25, 0.3) is 0 Å². The van der Waals surface area contributed by atoms with E-state index in [1.54, 1.807) is 24.3 Å². The molecule has 1 atom stereocenters. The lowest BCUT2D eigenvalue weighted by Crippen LogP contribution is -2.28. The van der Waals surface area contributed by atoms with Crippen LogP contribution in [0.5, 0.6) is 0 Å². The lowest BCUT2D eigenvalue weighted by Gasteiger charge is -1.96. The van der Waals surface area contributed by atoms with Gasteiger partial charge in [-0.2, -0.15) is 0 Å². The summed E-state index contributed by atoms with van der Waals surface area (Å²) in [6, 6.07) is 6.53. The Kier molecular flexibility index (Phi) is 4.52. The number of aliphatic hydroxyl groups excluding tert-OH is 1. The highest BCUT2D eigenvalue weighted by atomic mass is 16.6. The second kappa shape index (κ2) is 5.89. The van der Waals surface area contributed by atoms with Crippen molar-refractivity contribution in [3.63, 3.8) is 0 Å². The quantitative estimate of drug-likeness (QED) is 0.473. The summed E-state index contributed by atoms with van der Waals surface area (Å²) in [4.78, 5) is 31.3. The van der Waals surface area contributed by atoms with Crippen LogP contribution >= 0.6 is 0 Å². The molecule has 18 heavy (non-hydrogen) atoms. The summed E-state index contributed by atoms with van der Waals surface area (Å²) in [6.45, 7) is -0.227. The molecule has 4 N–H and O–H groups in total. The third-order valence-electron chi connectivity index (χ3n) is 2.06. The maximum absolute atomic E-state index is 10.8. The van der Waals surface area contributed by atoms with Crippen LogP contribution in [0.25, 0.3) is 0 Å². The number of ether oxygens (including phenoxy) is 1. The maximum atomic E-state index is 10.8. The van der Waals surface area contributed by atoms with E-state index in [4.69, 9.17) is 15.9 Å². The Morgan fingerprint density at radius 1 is 1.22 bits per heavy atom. The van der Waals surface area contributed by atoms with Crippen LogP contribution in [0.2, 0.25) is 0 Å². The van der Waals surface area contributed by atoms with Gasteiger partial charge in [-0.25, -0.2) is 14.4 Å². The number of cyclic esters (lactones) is 2. The molecule has 1 aliphatic rings. The van der Waals surface area contributed by atoms with Crippen molar-refractivity contribution in [3.05, 3.63) is 35.4 Å². The summed E-state index contributed by atoms with van der Waals surface area (Å²) in [5, 5.41) is 16.1. The van der Waals surface area contributed by atoms with E-state index in [0.717, 1.165) is 0 Å². The average Bonchev–Trinajstić information content (AvgIpc) is 2.65. The first-order chi connectivity index (χ1) is 8.47. The molecule has 0 aromatic heterocycles. The molecule has 7 heteroatoms. The van der Waals surface area contributed by atoms with Crippen molar-refractivity contribution < 1.29 is 29.3 Å². The normalized spacial score (nSPS) is 14.1. The van der Waals surface area contributed by atoms with E-state index in [2.05, 4.69) is 4.74 Å². The van der Waals surface area contributed by atoms with Gasteiger partial charge >= 0.3 is 17.9 Å². The molecule has 2 rings (SSSR count). The van der Waals surface area contributed by atoms with Crippen molar-refractivity contribution in [2.75, 3.05) is 6.54 Å². The standard InChI is InChI=1S/C8H4O3.C3H7NO3/c9-7-5-3-1-2-4-6(5)8(10)11-7;4-1-2(5)3(6)7/h1-4H;2,5H,1,4H2,(H,6,7)/t;2-/m.0/s1. The van der Waals surface area contributed by atoms with Crippen LogP contribution in [0.3, 0.4) is 0 Å². The smallest absolute Gasteiger partial charge is 0.346 e. The third-order valence-corrected chi connectivity index (χ3v) is 2.06. The highest BCUT2D eigenvalue weighted by Gasteiger charge is 2.28. The zero-order valence-electron chi connectivity index (χ0n) is 9.20. The van der Waals surface area contributed by atoms with Crippen LogP contribution in [0.4, 0.5) is 0 Å². The minimum atomic E-state index is -1.40. The fraction of sp³-hybridized carbons (Fsp3) is 0.182. The lowest BCUT2D eigenvalue weighted by molar-refractivity contribution is -0.145.